The Kier molecular flexibility index (Phi) is 2.02. The molecule has 0 spiro atoms. The highest BCUT2D eigenvalue weighted by atomic mass is 19.1. The monoisotopic (exact) mass is 195 g/mol. The predicted octanol–water partition coefficient (Wildman–Crippen LogP) is 3.57. The molecule has 0 amide bonds. The number of rotatable bonds is 1. The van der Waals surface area contributed by atoms with E-state index in [0.717, 1.165) is 0 Å². The first-order valence-corrected chi connectivity index (χ1v) is 4.56. The molecular weight excluding hydrogens is 184 g/mol. The fraction of sp³-hybridized carbons (Fsp3) is 0.273. The molecule has 0 bridgehead atoms. The van der Waals surface area contributed by atoms with E-state index in [4.69, 9.17) is 0 Å². The maximum atomic E-state index is 13.8. The Morgan fingerprint density at radius 3 is 2.64 bits per heavy atom. The zero-order valence-corrected chi connectivity index (χ0v) is 8.07. The largest absolute Gasteiger partial charge is 0.361 e. The summed E-state index contributed by atoms with van der Waals surface area (Å²) in [5, 5.41) is 0.454. The number of hydrogen-bond acceptors (Lipinski definition) is 0. The topological polar surface area (TPSA) is 15.8 Å². The number of H-pyrrole nitrogens is 1. The summed E-state index contributed by atoms with van der Waals surface area (Å²) in [7, 11) is 0. The van der Waals surface area contributed by atoms with Gasteiger partial charge in [0.15, 0.2) is 0 Å². The van der Waals surface area contributed by atoms with Crippen molar-refractivity contribution in [2.75, 3.05) is 0 Å². The first kappa shape index (κ1) is 9.19. The number of aromatic amines is 1. The summed E-state index contributed by atoms with van der Waals surface area (Å²) in [6, 6.07) is 2.96. The van der Waals surface area contributed by atoms with Crippen LogP contribution in [0.25, 0.3) is 10.9 Å². The third-order valence-corrected chi connectivity index (χ3v) is 2.36. The summed E-state index contributed by atoms with van der Waals surface area (Å²) >= 11 is 0. The summed E-state index contributed by atoms with van der Waals surface area (Å²) in [6.45, 7) is 3.56. The van der Waals surface area contributed by atoms with Crippen molar-refractivity contribution >= 4 is 10.9 Å². The van der Waals surface area contributed by atoms with Gasteiger partial charge in [0.2, 0.25) is 0 Å². The van der Waals surface area contributed by atoms with E-state index in [0.29, 0.717) is 10.9 Å². The molecule has 0 saturated carbocycles. The van der Waals surface area contributed by atoms with Crippen LogP contribution in [0.1, 0.15) is 25.3 Å². The Morgan fingerprint density at radius 2 is 2.00 bits per heavy atom. The van der Waals surface area contributed by atoms with Gasteiger partial charge in [0.25, 0.3) is 0 Å². The van der Waals surface area contributed by atoms with E-state index in [-0.39, 0.29) is 11.5 Å². The second-order valence-corrected chi connectivity index (χ2v) is 3.68. The summed E-state index contributed by atoms with van der Waals surface area (Å²) < 4.78 is 27.2. The van der Waals surface area contributed by atoms with Crippen LogP contribution < -0.4 is 0 Å². The van der Waals surface area contributed by atoms with Crippen LogP contribution in [0, 0.1) is 11.6 Å². The number of nitrogens with one attached hydrogen (secondary N) is 1. The van der Waals surface area contributed by atoms with Gasteiger partial charge in [-0.2, -0.15) is 0 Å². The molecule has 0 aliphatic heterocycles. The van der Waals surface area contributed by atoms with Gasteiger partial charge < -0.3 is 4.98 Å². The van der Waals surface area contributed by atoms with Gasteiger partial charge in [0.1, 0.15) is 11.6 Å². The summed E-state index contributed by atoms with van der Waals surface area (Å²) in [5.74, 6) is -1.07. The van der Waals surface area contributed by atoms with Gasteiger partial charge in [0, 0.05) is 17.1 Å². The molecule has 1 N–H and O–H groups in total. The van der Waals surface area contributed by atoms with Crippen LogP contribution in [-0.2, 0) is 0 Å². The van der Waals surface area contributed by atoms with Crippen LogP contribution in [0.2, 0.25) is 0 Å². The SMILES string of the molecule is CC(C)c1c(F)cc2[nH]ccc2c1F. The van der Waals surface area contributed by atoms with Crippen molar-refractivity contribution in [3.63, 3.8) is 0 Å². The maximum absolute atomic E-state index is 13.8. The van der Waals surface area contributed by atoms with Crippen LogP contribution in [0.15, 0.2) is 18.3 Å². The van der Waals surface area contributed by atoms with E-state index in [1.54, 1.807) is 26.1 Å². The molecule has 74 valence electrons. The fourth-order valence-corrected chi connectivity index (χ4v) is 1.68. The zero-order valence-electron chi connectivity index (χ0n) is 8.07. The van der Waals surface area contributed by atoms with E-state index in [9.17, 15) is 8.78 Å². The molecule has 0 aliphatic carbocycles. The number of aromatic nitrogens is 1. The Balaban J connectivity index is 2.82. The van der Waals surface area contributed by atoms with Gasteiger partial charge >= 0.3 is 0 Å². The smallest absolute Gasteiger partial charge is 0.138 e. The van der Waals surface area contributed by atoms with Gasteiger partial charge in [-0.25, -0.2) is 8.78 Å². The van der Waals surface area contributed by atoms with Crippen molar-refractivity contribution in [1.82, 2.24) is 4.98 Å². The van der Waals surface area contributed by atoms with E-state index < -0.39 is 11.6 Å². The van der Waals surface area contributed by atoms with E-state index in [1.165, 1.54) is 6.07 Å². The van der Waals surface area contributed by atoms with Gasteiger partial charge in [0.05, 0.1) is 5.52 Å². The molecule has 1 nitrogen and oxygen atoms in total. The predicted molar refractivity (Wildman–Crippen MR) is 52.3 cm³/mol. The normalized spacial score (nSPS) is 11.5. The summed E-state index contributed by atoms with van der Waals surface area (Å²) in [5.41, 5.74) is 0.668. The molecule has 0 fully saturated rings. The first-order chi connectivity index (χ1) is 6.61. The van der Waals surface area contributed by atoms with Crippen molar-refractivity contribution in [2.24, 2.45) is 0 Å². The number of benzene rings is 1. The van der Waals surface area contributed by atoms with Gasteiger partial charge in [-0.05, 0) is 18.1 Å². The molecule has 14 heavy (non-hydrogen) atoms. The fourth-order valence-electron chi connectivity index (χ4n) is 1.68. The molecule has 0 saturated heterocycles. The highest BCUT2D eigenvalue weighted by molar-refractivity contribution is 5.81. The Morgan fingerprint density at radius 1 is 1.29 bits per heavy atom. The lowest BCUT2D eigenvalue weighted by atomic mass is 10.00. The highest BCUT2D eigenvalue weighted by Gasteiger charge is 2.16. The van der Waals surface area contributed by atoms with Gasteiger partial charge in [-0.1, -0.05) is 13.8 Å². The highest BCUT2D eigenvalue weighted by Crippen LogP contribution is 2.28. The lowest BCUT2D eigenvalue weighted by molar-refractivity contribution is 0.550. The van der Waals surface area contributed by atoms with Crippen molar-refractivity contribution in [3.05, 3.63) is 35.5 Å². The summed E-state index contributed by atoms with van der Waals surface area (Å²) in [6.07, 6.45) is 1.61. The summed E-state index contributed by atoms with van der Waals surface area (Å²) in [4.78, 5) is 2.79. The third-order valence-electron chi connectivity index (χ3n) is 2.36. The molecule has 2 rings (SSSR count). The molecule has 1 heterocycles. The first-order valence-electron chi connectivity index (χ1n) is 4.56. The minimum Gasteiger partial charge on any atom is -0.361 e. The lowest BCUT2D eigenvalue weighted by Gasteiger charge is -2.09. The minimum absolute atomic E-state index is 0.144. The molecular formula is C11H11F2N. The van der Waals surface area contributed by atoms with Crippen molar-refractivity contribution in [1.29, 1.82) is 0 Å². The van der Waals surface area contributed by atoms with E-state index in [1.807, 2.05) is 0 Å². The van der Waals surface area contributed by atoms with Crippen LogP contribution in [-0.4, -0.2) is 4.98 Å². The second-order valence-electron chi connectivity index (χ2n) is 3.68. The molecule has 0 unspecified atom stereocenters. The average Bonchev–Trinajstić information content (AvgIpc) is 2.50. The maximum Gasteiger partial charge on any atom is 0.138 e. The van der Waals surface area contributed by atoms with E-state index in [2.05, 4.69) is 4.98 Å². The molecule has 1 aromatic heterocycles. The van der Waals surface area contributed by atoms with Crippen molar-refractivity contribution < 1.29 is 8.78 Å². The van der Waals surface area contributed by atoms with Crippen molar-refractivity contribution in [2.45, 2.75) is 19.8 Å². The molecule has 3 heteroatoms. The van der Waals surface area contributed by atoms with E-state index >= 15 is 0 Å². The van der Waals surface area contributed by atoms with Crippen molar-refractivity contribution in [3.8, 4) is 0 Å². The average molecular weight is 195 g/mol. The van der Waals surface area contributed by atoms with Crippen LogP contribution in [0.3, 0.4) is 0 Å². The standard InChI is InChI=1S/C11H11F2N/c1-6(2)10-8(12)5-9-7(11(10)13)3-4-14-9/h3-6,14H,1-2H3. The van der Waals surface area contributed by atoms with Crippen LogP contribution >= 0.6 is 0 Å². The molecule has 0 aliphatic rings. The molecule has 0 atom stereocenters. The Bertz CT molecular complexity index is 471. The molecule has 0 radical (unpaired) electrons. The van der Waals surface area contributed by atoms with Gasteiger partial charge in [-0.3, -0.25) is 0 Å². The number of halogens is 2. The lowest BCUT2D eigenvalue weighted by Crippen LogP contribution is -1.98. The van der Waals surface area contributed by atoms with Gasteiger partial charge in [-0.15, -0.1) is 0 Å². The number of hydrogen-bond donors (Lipinski definition) is 1. The zero-order chi connectivity index (χ0) is 10.3. The molecule has 2 aromatic rings. The Hall–Kier alpha value is -1.38. The number of fused-ring (bicyclic) bond motifs is 1. The van der Waals surface area contributed by atoms with Crippen LogP contribution in [0.5, 0.6) is 0 Å². The Labute approximate surface area is 80.7 Å². The second kappa shape index (κ2) is 3.08. The minimum atomic E-state index is -0.479. The quantitative estimate of drug-likeness (QED) is 0.716. The third kappa shape index (κ3) is 1.20. The molecule has 1 aromatic carbocycles. The van der Waals surface area contributed by atoms with Crippen LogP contribution in [0.4, 0.5) is 8.78 Å².